The summed E-state index contributed by atoms with van der Waals surface area (Å²) in [6, 6.07) is 10.1. The number of halogens is 2. The Morgan fingerprint density at radius 3 is 2.59 bits per heavy atom. The van der Waals surface area contributed by atoms with Crippen LogP contribution in [0.2, 0.25) is 5.02 Å². The molecule has 1 aromatic heterocycles. The second-order valence-corrected chi connectivity index (χ2v) is 5.00. The van der Waals surface area contributed by atoms with E-state index in [9.17, 15) is 10.2 Å². The van der Waals surface area contributed by atoms with Crippen LogP contribution in [0.1, 0.15) is 5.56 Å². The molecule has 0 aliphatic heterocycles. The standard InChI is InChI=1S/C15H12ClN3O2.ClH/c16-10-2-3-12-11(6-10)15(19-8-18-12)17-7-9-1-4-13(20)14(21)5-9;/h1-6,8,20-21H,7H2,(H,17,18,19);1H. The summed E-state index contributed by atoms with van der Waals surface area (Å²) in [7, 11) is 0. The zero-order chi connectivity index (χ0) is 14.8. The van der Waals surface area contributed by atoms with Gasteiger partial charge in [-0.05, 0) is 35.9 Å². The van der Waals surface area contributed by atoms with Crippen LogP contribution in [0.5, 0.6) is 11.5 Å². The van der Waals surface area contributed by atoms with E-state index in [1.807, 2.05) is 6.07 Å². The van der Waals surface area contributed by atoms with Gasteiger partial charge in [0, 0.05) is 17.0 Å². The summed E-state index contributed by atoms with van der Waals surface area (Å²) in [5.41, 5.74) is 1.62. The molecule has 2 aromatic carbocycles. The predicted octanol–water partition coefficient (Wildman–Crippen LogP) is 3.73. The summed E-state index contributed by atoms with van der Waals surface area (Å²) in [5.74, 6) is 0.373. The Morgan fingerprint density at radius 2 is 1.82 bits per heavy atom. The first-order chi connectivity index (χ1) is 10.1. The van der Waals surface area contributed by atoms with Crippen molar-refractivity contribution in [1.82, 2.24) is 9.97 Å². The predicted molar refractivity (Wildman–Crippen MR) is 88.9 cm³/mol. The fraction of sp³-hybridized carbons (Fsp3) is 0.0667. The van der Waals surface area contributed by atoms with Gasteiger partial charge in [-0.2, -0.15) is 0 Å². The summed E-state index contributed by atoms with van der Waals surface area (Å²) in [5, 5.41) is 23.4. The first-order valence-electron chi connectivity index (χ1n) is 6.28. The van der Waals surface area contributed by atoms with E-state index < -0.39 is 0 Å². The third-order valence-corrected chi connectivity index (χ3v) is 3.33. The van der Waals surface area contributed by atoms with Gasteiger partial charge in [-0.25, -0.2) is 9.97 Å². The molecule has 0 fully saturated rings. The number of aromatic hydroxyl groups is 2. The van der Waals surface area contributed by atoms with E-state index in [1.54, 1.807) is 18.2 Å². The third kappa shape index (κ3) is 3.32. The van der Waals surface area contributed by atoms with Crippen molar-refractivity contribution in [2.45, 2.75) is 6.54 Å². The minimum absolute atomic E-state index is 0. The van der Waals surface area contributed by atoms with Crippen LogP contribution in [0.3, 0.4) is 0 Å². The minimum atomic E-state index is -0.148. The van der Waals surface area contributed by atoms with E-state index in [-0.39, 0.29) is 23.9 Å². The molecule has 0 unspecified atom stereocenters. The number of nitrogens with zero attached hydrogens (tertiary/aromatic N) is 2. The monoisotopic (exact) mass is 337 g/mol. The van der Waals surface area contributed by atoms with Gasteiger partial charge in [-0.3, -0.25) is 0 Å². The van der Waals surface area contributed by atoms with Crippen LogP contribution in [0.15, 0.2) is 42.7 Å². The van der Waals surface area contributed by atoms with Crippen LogP contribution >= 0.6 is 24.0 Å². The van der Waals surface area contributed by atoms with Crippen LogP contribution in [0.4, 0.5) is 5.82 Å². The maximum absolute atomic E-state index is 9.48. The zero-order valence-electron chi connectivity index (χ0n) is 11.3. The molecule has 0 aliphatic rings. The number of anilines is 1. The highest BCUT2D eigenvalue weighted by Crippen LogP contribution is 2.26. The maximum Gasteiger partial charge on any atom is 0.157 e. The molecule has 3 aromatic rings. The zero-order valence-corrected chi connectivity index (χ0v) is 12.9. The summed E-state index contributed by atoms with van der Waals surface area (Å²) in [6.07, 6.45) is 1.48. The molecule has 0 radical (unpaired) electrons. The van der Waals surface area contributed by atoms with E-state index in [0.29, 0.717) is 17.4 Å². The Hall–Kier alpha value is -2.24. The molecule has 0 saturated heterocycles. The third-order valence-electron chi connectivity index (χ3n) is 3.10. The summed E-state index contributed by atoms with van der Waals surface area (Å²) in [6.45, 7) is 0.451. The van der Waals surface area contributed by atoms with Crippen molar-refractivity contribution >= 4 is 40.7 Å². The van der Waals surface area contributed by atoms with E-state index in [1.165, 1.54) is 18.5 Å². The van der Waals surface area contributed by atoms with Crippen LogP contribution in [-0.2, 0) is 6.54 Å². The number of hydrogen-bond acceptors (Lipinski definition) is 5. The number of rotatable bonds is 3. The highest BCUT2D eigenvalue weighted by molar-refractivity contribution is 6.31. The number of nitrogens with one attached hydrogen (secondary N) is 1. The number of aromatic nitrogens is 2. The van der Waals surface area contributed by atoms with Gasteiger partial charge >= 0.3 is 0 Å². The Morgan fingerprint density at radius 1 is 1.00 bits per heavy atom. The molecular weight excluding hydrogens is 325 g/mol. The molecular formula is C15H13Cl2N3O2. The van der Waals surface area contributed by atoms with Gasteiger partial charge in [-0.1, -0.05) is 17.7 Å². The summed E-state index contributed by atoms with van der Waals surface area (Å²) in [4.78, 5) is 8.39. The molecule has 3 N–H and O–H groups in total. The average molecular weight is 338 g/mol. The van der Waals surface area contributed by atoms with E-state index in [4.69, 9.17) is 11.6 Å². The molecule has 0 bridgehead atoms. The molecule has 22 heavy (non-hydrogen) atoms. The van der Waals surface area contributed by atoms with Crippen molar-refractivity contribution in [2.24, 2.45) is 0 Å². The SMILES string of the molecule is Cl.Oc1ccc(CNc2ncnc3ccc(Cl)cc23)cc1O. The Labute approximate surface area is 138 Å². The van der Waals surface area contributed by atoms with Crippen LogP contribution in [-0.4, -0.2) is 20.2 Å². The van der Waals surface area contributed by atoms with Crippen molar-refractivity contribution in [2.75, 3.05) is 5.32 Å². The van der Waals surface area contributed by atoms with E-state index >= 15 is 0 Å². The van der Waals surface area contributed by atoms with Gasteiger partial charge in [0.1, 0.15) is 12.1 Å². The number of benzene rings is 2. The highest BCUT2D eigenvalue weighted by atomic mass is 35.5. The van der Waals surface area contributed by atoms with Crippen LogP contribution in [0.25, 0.3) is 10.9 Å². The van der Waals surface area contributed by atoms with Crippen molar-refractivity contribution < 1.29 is 10.2 Å². The molecule has 0 saturated carbocycles. The second-order valence-electron chi connectivity index (χ2n) is 4.56. The van der Waals surface area contributed by atoms with Crippen LogP contribution in [0, 0.1) is 0 Å². The van der Waals surface area contributed by atoms with Gasteiger partial charge in [0.25, 0.3) is 0 Å². The smallest absolute Gasteiger partial charge is 0.157 e. The quantitative estimate of drug-likeness (QED) is 0.634. The maximum atomic E-state index is 9.48. The van der Waals surface area contributed by atoms with Crippen molar-refractivity contribution in [3.63, 3.8) is 0 Å². The first-order valence-corrected chi connectivity index (χ1v) is 6.66. The number of phenolic OH excluding ortho intramolecular Hbond substituents is 2. The Bertz CT molecular complexity index is 812. The summed E-state index contributed by atoms with van der Waals surface area (Å²) < 4.78 is 0. The topological polar surface area (TPSA) is 78.3 Å². The second kappa shape index (κ2) is 6.68. The van der Waals surface area contributed by atoms with Gasteiger partial charge in [-0.15, -0.1) is 12.4 Å². The molecule has 0 amide bonds. The summed E-state index contributed by atoms with van der Waals surface area (Å²) >= 11 is 6.00. The molecule has 114 valence electrons. The van der Waals surface area contributed by atoms with Gasteiger partial charge in [0.15, 0.2) is 11.5 Å². The van der Waals surface area contributed by atoms with Crippen LogP contribution < -0.4 is 5.32 Å². The molecule has 0 aliphatic carbocycles. The molecule has 3 rings (SSSR count). The number of phenols is 2. The highest BCUT2D eigenvalue weighted by Gasteiger charge is 2.05. The molecule has 0 spiro atoms. The van der Waals surface area contributed by atoms with E-state index in [2.05, 4.69) is 15.3 Å². The lowest BCUT2D eigenvalue weighted by molar-refractivity contribution is 0.403. The largest absolute Gasteiger partial charge is 0.504 e. The van der Waals surface area contributed by atoms with E-state index in [0.717, 1.165) is 16.5 Å². The Balaban J connectivity index is 0.00000176. The Kier molecular flexibility index (Phi) is 4.90. The van der Waals surface area contributed by atoms with Crippen molar-refractivity contribution in [1.29, 1.82) is 0 Å². The molecule has 1 heterocycles. The lowest BCUT2D eigenvalue weighted by Crippen LogP contribution is -2.02. The van der Waals surface area contributed by atoms with Crippen molar-refractivity contribution in [3.8, 4) is 11.5 Å². The normalized spacial score (nSPS) is 10.2. The number of hydrogen-bond donors (Lipinski definition) is 3. The average Bonchev–Trinajstić information content (AvgIpc) is 2.48. The first kappa shape index (κ1) is 16.1. The fourth-order valence-corrected chi connectivity index (χ4v) is 2.21. The van der Waals surface area contributed by atoms with Gasteiger partial charge in [0.2, 0.25) is 0 Å². The van der Waals surface area contributed by atoms with Gasteiger partial charge in [0.05, 0.1) is 5.52 Å². The molecule has 0 atom stereocenters. The van der Waals surface area contributed by atoms with Crippen molar-refractivity contribution in [3.05, 3.63) is 53.3 Å². The lowest BCUT2D eigenvalue weighted by atomic mass is 10.2. The fourth-order valence-electron chi connectivity index (χ4n) is 2.03. The number of fused-ring (bicyclic) bond motifs is 1. The lowest BCUT2D eigenvalue weighted by Gasteiger charge is -2.09. The molecule has 7 heteroatoms. The minimum Gasteiger partial charge on any atom is -0.504 e. The molecule has 5 nitrogen and oxygen atoms in total. The van der Waals surface area contributed by atoms with Gasteiger partial charge < -0.3 is 15.5 Å².